The van der Waals surface area contributed by atoms with E-state index < -0.39 is 0 Å². The van der Waals surface area contributed by atoms with Crippen molar-refractivity contribution in [3.05, 3.63) is 35.6 Å². The van der Waals surface area contributed by atoms with Crippen molar-refractivity contribution in [2.24, 2.45) is 11.3 Å². The van der Waals surface area contributed by atoms with Gasteiger partial charge in [-0.15, -0.1) is 0 Å². The van der Waals surface area contributed by atoms with Crippen LogP contribution in [-0.2, 0) is 6.42 Å². The average molecular weight is 249 g/mol. The first-order chi connectivity index (χ1) is 8.49. The molecule has 1 atom stereocenters. The van der Waals surface area contributed by atoms with Gasteiger partial charge < -0.3 is 5.32 Å². The fourth-order valence-corrected chi connectivity index (χ4v) is 2.20. The number of rotatable bonds is 6. The van der Waals surface area contributed by atoms with Crippen molar-refractivity contribution in [1.82, 2.24) is 5.32 Å². The van der Waals surface area contributed by atoms with Crippen molar-refractivity contribution >= 4 is 0 Å². The third-order valence-corrected chi connectivity index (χ3v) is 4.29. The lowest BCUT2D eigenvalue weighted by molar-refractivity contribution is 0.206. The van der Waals surface area contributed by atoms with Crippen molar-refractivity contribution in [3.8, 4) is 0 Å². The van der Waals surface area contributed by atoms with Crippen LogP contribution in [0.4, 0.5) is 4.39 Å². The summed E-state index contributed by atoms with van der Waals surface area (Å²) in [6.07, 6.45) is 3.65. The van der Waals surface area contributed by atoms with Crippen LogP contribution in [0.25, 0.3) is 0 Å². The molecule has 1 unspecified atom stereocenters. The van der Waals surface area contributed by atoms with Gasteiger partial charge in [0.1, 0.15) is 5.82 Å². The zero-order valence-corrected chi connectivity index (χ0v) is 11.7. The first-order valence-electron chi connectivity index (χ1n) is 6.97. The van der Waals surface area contributed by atoms with Crippen molar-refractivity contribution in [3.63, 3.8) is 0 Å². The average Bonchev–Trinajstić information content (AvgIpc) is 3.13. The van der Waals surface area contributed by atoms with Gasteiger partial charge in [0, 0.05) is 12.6 Å². The Bertz CT molecular complexity index is 381. The molecule has 0 aromatic heterocycles. The second-order valence-corrected chi connectivity index (χ2v) is 6.27. The Morgan fingerprint density at radius 1 is 1.28 bits per heavy atom. The molecule has 0 spiro atoms. The molecule has 0 saturated heterocycles. The minimum absolute atomic E-state index is 0.152. The third kappa shape index (κ3) is 3.55. The van der Waals surface area contributed by atoms with E-state index in [1.165, 1.54) is 18.4 Å². The monoisotopic (exact) mass is 249 g/mol. The summed E-state index contributed by atoms with van der Waals surface area (Å²) in [4.78, 5) is 0. The maximum absolute atomic E-state index is 12.9. The molecule has 100 valence electrons. The SMILES string of the molecule is CC(C)C(C)(CNC1CC1)Cc1ccc(F)cc1. The van der Waals surface area contributed by atoms with Gasteiger partial charge in [0.05, 0.1) is 0 Å². The van der Waals surface area contributed by atoms with E-state index in [0.29, 0.717) is 5.92 Å². The Kier molecular flexibility index (Phi) is 4.06. The van der Waals surface area contributed by atoms with Gasteiger partial charge in [-0.05, 0) is 48.3 Å². The smallest absolute Gasteiger partial charge is 0.123 e. The second kappa shape index (κ2) is 5.40. The largest absolute Gasteiger partial charge is 0.313 e. The molecule has 0 bridgehead atoms. The van der Waals surface area contributed by atoms with Gasteiger partial charge in [0.2, 0.25) is 0 Å². The molecule has 1 aliphatic carbocycles. The van der Waals surface area contributed by atoms with Crippen LogP contribution in [0.3, 0.4) is 0 Å². The molecule has 1 fully saturated rings. The topological polar surface area (TPSA) is 12.0 Å². The highest BCUT2D eigenvalue weighted by molar-refractivity contribution is 5.18. The van der Waals surface area contributed by atoms with E-state index in [1.54, 1.807) is 12.1 Å². The third-order valence-electron chi connectivity index (χ3n) is 4.29. The van der Waals surface area contributed by atoms with Crippen molar-refractivity contribution < 1.29 is 4.39 Å². The highest BCUT2D eigenvalue weighted by Crippen LogP contribution is 2.32. The molecule has 1 aromatic rings. The highest BCUT2D eigenvalue weighted by Gasteiger charge is 2.31. The molecular weight excluding hydrogens is 225 g/mol. The molecule has 0 heterocycles. The Labute approximate surface area is 110 Å². The first kappa shape index (κ1) is 13.5. The van der Waals surface area contributed by atoms with Crippen LogP contribution in [0.15, 0.2) is 24.3 Å². The number of halogens is 1. The molecule has 0 radical (unpaired) electrons. The zero-order chi connectivity index (χ0) is 13.2. The summed E-state index contributed by atoms with van der Waals surface area (Å²) >= 11 is 0. The summed E-state index contributed by atoms with van der Waals surface area (Å²) in [7, 11) is 0. The quantitative estimate of drug-likeness (QED) is 0.809. The van der Waals surface area contributed by atoms with Crippen LogP contribution >= 0.6 is 0 Å². The summed E-state index contributed by atoms with van der Waals surface area (Å²) in [5.41, 5.74) is 1.46. The minimum atomic E-state index is -0.152. The fourth-order valence-electron chi connectivity index (χ4n) is 2.20. The van der Waals surface area contributed by atoms with E-state index in [1.807, 2.05) is 12.1 Å². The predicted molar refractivity (Wildman–Crippen MR) is 74.1 cm³/mol. The normalized spacial score (nSPS) is 18.9. The summed E-state index contributed by atoms with van der Waals surface area (Å²) in [5, 5.41) is 3.64. The Morgan fingerprint density at radius 2 is 1.89 bits per heavy atom. The molecule has 1 saturated carbocycles. The standard InChI is InChI=1S/C16H24FN/c1-12(2)16(3,11-18-15-8-9-15)10-13-4-6-14(17)7-5-13/h4-7,12,15,18H,8-11H2,1-3H3. The lowest BCUT2D eigenvalue weighted by atomic mass is 9.74. The minimum Gasteiger partial charge on any atom is -0.313 e. The van der Waals surface area contributed by atoms with Crippen LogP contribution in [-0.4, -0.2) is 12.6 Å². The van der Waals surface area contributed by atoms with Gasteiger partial charge in [-0.3, -0.25) is 0 Å². The Hall–Kier alpha value is -0.890. The van der Waals surface area contributed by atoms with E-state index in [2.05, 4.69) is 26.1 Å². The van der Waals surface area contributed by atoms with Gasteiger partial charge >= 0.3 is 0 Å². The second-order valence-electron chi connectivity index (χ2n) is 6.27. The van der Waals surface area contributed by atoms with Gasteiger partial charge in [0.25, 0.3) is 0 Å². The highest BCUT2D eigenvalue weighted by atomic mass is 19.1. The Morgan fingerprint density at radius 3 is 2.39 bits per heavy atom. The molecular formula is C16H24FN. The lowest BCUT2D eigenvalue weighted by Gasteiger charge is -2.34. The van der Waals surface area contributed by atoms with Gasteiger partial charge in [-0.25, -0.2) is 4.39 Å². The van der Waals surface area contributed by atoms with E-state index >= 15 is 0 Å². The summed E-state index contributed by atoms with van der Waals surface area (Å²) in [6, 6.07) is 7.69. The van der Waals surface area contributed by atoms with Crippen LogP contribution in [0.5, 0.6) is 0 Å². The van der Waals surface area contributed by atoms with Crippen molar-refractivity contribution in [2.75, 3.05) is 6.54 Å². The number of benzene rings is 1. The number of nitrogens with one attached hydrogen (secondary N) is 1. The number of hydrogen-bond donors (Lipinski definition) is 1. The maximum Gasteiger partial charge on any atom is 0.123 e. The summed E-state index contributed by atoms with van der Waals surface area (Å²) < 4.78 is 12.9. The molecule has 18 heavy (non-hydrogen) atoms. The summed E-state index contributed by atoms with van der Waals surface area (Å²) in [5.74, 6) is 0.454. The maximum atomic E-state index is 12.9. The number of hydrogen-bond acceptors (Lipinski definition) is 1. The molecule has 1 nitrogen and oxygen atoms in total. The molecule has 1 aromatic carbocycles. The van der Waals surface area contributed by atoms with Crippen LogP contribution < -0.4 is 5.32 Å². The molecule has 0 amide bonds. The van der Waals surface area contributed by atoms with Crippen LogP contribution in [0, 0.1) is 17.2 Å². The van der Waals surface area contributed by atoms with Crippen molar-refractivity contribution in [1.29, 1.82) is 0 Å². The molecule has 1 N–H and O–H groups in total. The molecule has 2 heteroatoms. The Balaban J connectivity index is 2.01. The van der Waals surface area contributed by atoms with E-state index in [9.17, 15) is 4.39 Å². The first-order valence-corrected chi connectivity index (χ1v) is 6.97. The lowest BCUT2D eigenvalue weighted by Crippen LogP contribution is -2.38. The molecule has 2 rings (SSSR count). The van der Waals surface area contributed by atoms with Crippen LogP contribution in [0.2, 0.25) is 0 Å². The van der Waals surface area contributed by atoms with Gasteiger partial charge in [0.15, 0.2) is 0 Å². The van der Waals surface area contributed by atoms with E-state index in [0.717, 1.165) is 19.0 Å². The van der Waals surface area contributed by atoms with Gasteiger partial charge in [-0.1, -0.05) is 32.9 Å². The van der Waals surface area contributed by atoms with E-state index in [-0.39, 0.29) is 11.2 Å². The van der Waals surface area contributed by atoms with Crippen LogP contribution in [0.1, 0.15) is 39.2 Å². The summed E-state index contributed by atoms with van der Waals surface area (Å²) in [6.45, 7) is 7.93. The fraction of sp³-hybridized carbons (Fsp3) is 0.625. The van der Waals surface area contributed by atoms with E-state index in [4.69, 9.17) is 0 Å². The molecule has 0 aliphatic heterocycles. The molecule has 1 aliphatic rings. The predicted octanol–water partition coefficient (Wildman–Crippen LogP) is 3.78. The van der Waals surface area contributed by atoms with Crippen molar-refractivity contribution in [2.45, 2.75) is 46.1 Å². The van der Waals surface area contributed by atoms with Gasteiger partial charge in [-0.2, -0.15) is 0 Å². The zero-order valence-electron chi connectivity index (χ0n) is 11.7.